The summed E-state index contributed by atoms with van der Waals surface area (Å²) in [5.41, 5.74) is 0. The van der Waals surface area contributed by atoms with Gasteiger partial charge in [-0.15, -0.1) is 0 Å². The number of esters is 3. The first kappa shape index (κ1) is 68.9. The number of unbranched alkanes of at least 4 members (excludes halogenated alkanes) is 44. The summed E-state index contributed by atoms with van der Waals surface area (Å²) in [7, 11) is 0. The average molecular weight is 1000 g/mol. The Bertz CT molecular complexity index is 1150. The Balaban J connectivity index is 3.90. The van der Waals surface area contributed by atoms with Crippen LogP contribution >= 0.6 is 0 Å². The van der Waals surface area contributed by atoms with Crippen LogP contribution in [0, 0.1) is 0 Å². The van der Waals surface area contributed by atoms with Crippen molar-refractivity contribution in [2.45, 2.75) is 361 Å². The lowest BCUT2D eigenvalue weighted by Gasteiger charge is -2.18. The molecule has 0 amide bonds. The molecular formula is C65H122O6. The van der Waals surface area contributed by atoms with Crippen LogP contribution in [0.4, 0.5) is 0 Å². The molecule has 0 aliphatic heterocycles. The highest BCUT2D eigenvalue weighted by Gasteiger charge is 2.19. The summed E-state index contributed by atoms with van der Waals surface area (Å²) < 4.78 is 16.7. The first-order valence-electron chi connectivity index (χ1n) is 31.8. The molecule has 71 heavy (non-hydrogen) atoms. The van der Waals surface area contributed by atoms with Gasteiger partial charge in [0.1, 0.15) is 13.2 Å². The van der Waals surface area contributed by atoms with E-state index < -0.39 is 6.10 Å². The van der Waals surface area contributed by atoms with E-state index in [1.807, 2.05) is 0 Å². The third-order valence-electron chi connectivity index (χ3n) is 14.5. The average Bonchev–Trinajstić information content (AvgIpc) is 3.37. The molecule has 1 atom stereocenters. The Kier molecular flexibility index (Phi) is 58.6. The first-order chi connectivity index (χ1) is 35.0. The molecule has 0 fully saturated rings. The van der Waals surface area contributed by atoms with E-state index in [-0.39, 0.29) is 31.1 Å². The lowest BCUT2D eigenvalue weighted by Crippen LogP contribution is -2.30. The van der Waals surface area contributed by atoms with E-state index in [0.717, 1.165) is 77.0 Å². The maximum Gasteiger partial charge on any atom is 0.306 e. The second-order valence-electron chi connectivity index (χ2n) is 21.7. The van der Waals surface area contributed by atoms with Crippen LogP contribution in [0.25, 0.3) is 0 Å². The van der Waals surface area contributed by atoms with E-state index >= 15 is 0 Å². The minimum Gasteiger partial charge on any atom is -0.462 e. The topological polar surface area (TPSA) is 78.9 Å². The van der Waals surface area contributed by atoms with Crippen molar-refractivity contribution >= 4 is 17.9 Å². The van der Waals surface area contributed by atoms with Gasteiger partial charge in [-0.2, -0.15) is 0 Å². The van der Waals surface area contributed by atoms with Crippen molar-refractivity contribution in [1.82, 2.24) is 0 Å². The van der Waals surface area contributed by atoms with Gasteiger partial charge < -0.3 is 14.2 Å². The predicted molar refractivity (Wildman–Crippen MR) is 307 cm³/mol. The molecule has 0 aromatic heterocycles. The maximum absolute atomic E-state index is 12.8. The van der Waals surface area contributed by atoms with E-state index in [9.17, 15) is 14.4 Å². The monoisotopic (exact) mass is 999 g/mol. The highest BCUT2D eigenvalue weighted by atomic mass is 16.6. The Morgan fingerprint density at radius 2 is 0.507 bits per heavy atom. The lowest BCUT2D eigenvalue weighted by molar-refractivity contribution is -0.167. The number of hydrogen-bond acceptors (Lipinski definition) is 6. The van der Waals surface area contributed by atoms with Gasteiger partial charge in [0.2, 0.25) is 0 Å². The summed E-state index contributed by atoms with van der Waals surface area (Å²) in [4.78, 5) is 37.8. The second-order valence-corrected chi connectivity index (χ2v) is 21.7. The molecular weight excluding hydrogens is 877 g/mol. The van der Waals surface area contributed by atoms with Gasteiger partial charge in [-0.25, -0.2) is 0 Å². The molecule has 0 rings (SSSR count). The van der Waals surface area contributed by atoms with E-state index in [2.05, 4.69) is 45.1 Å². The van der Waals surface area contributed by atoms with Gasteiger partial charge >= 0.3 is 17.9 Å². The number of ether oxygens (including phenoxy) is 3. The predicted octanol–water partition coefficient (Wildman–Crippen LogP) is 21.4. The van der Waals surface area contributed by atoms with Gasteiger partial charge in [0, 0.05) is 19.3 Å². The Morgan fingerprint density at radius 1 is 0.282 bits per heavy atom. The minimum absolute atomic E-state index is 0.0705. The van der Waals surface area contributed by atoms with Gasteiger partial charge in [-0.3, -0.25) is 14.4 Å². The zero-order chi connectivity index (χ0) is 51.4. The van der Waals surface area contributed by atoms with Crippen LogP contribution in [0.5, 0.6) is 0 Å². The summed E-state index contributed by atoms with van der Waals surface area (Å²) in [5.74, 6) is -0.873. The van der Waals surface area contributed by atoms with Gasteiger partial charge in [-0.1, -0.05) is 308 Å². The van der Waals surface area contributed by atoms with Crippen molar-refractivity contribution in [2.75, 3.05) is 13.2 Å². The Morgan fingerprint density at radius 3 is 0.803 bits per heavy atom. The number of carbonyl (C=O) groups is 3. The molecule has 0 heterocycles. The van der Waals surface area contributed by atoms with Gasteiger partial charge in [0.25, 0.3) is 0 Å². The van der Waals surface area contributed by atoms with Crippen molar-refractivity contribution in [3.63, 3.8) is 0 Å². The maximum atomic E-state index is 12.8. The van der Waals surface area contributed by atoms with Gasteiger partial charge in [-0.05, 0) is 51.4 Å². The molecule has 0 bridgehead atoms. The van der Waals surface area contributed by atoms with Crippen molar-refractivity contribution in [1.29, 1.82) is 0 Å². The van der Waals surface area contributed by atoms with Crippen LogP contribution in [0.2, 0.25) is 0 Å². The smallest absolute Gasteiger partial charge is 0.306 e. The molecule has 0 radical (unpaired) electrons. The third-order valence-corrected chi connectivity index (χ3v) is 14.5. The third kappa shape index (κ3) is 58.7. The van der Waals surface area contributed by atoms with Crippen LogP contribution < -0.4 is 0 Å². The molecule has 0 saturated carbocycles. The van der Waals surface area contributed by atoms with Crippen molar-refractivity contribution in [3.8, 4) is 0 Å². The van der Waals surface area contributed by atoms with Crippen LogP contribution in [-0.4, -0.2) is 37.2 Å². The summed E-state index contributed by atoms with van der Waals surface area (Å²) in [6, 6.07) is 0. The highest BCUT2D eigenvalue weighted by Crippen LogP contribution is 2.18. The SMILES string of the molecule is CCCCC/C=C\C/C=C\CCCCCCCCCC(=O)OC(COC(=O)CCCCCCC)COC(=O)CCCCCCCCCCCCCCCCCCCCCCCCCCCCCCCCC. The fraction of sp³-hybridized carbons (Fsp3) is 0.892. The molecule has 0 aromatic rings. The zero-order valence-electron chi connectivity index (χ0n) is 48.0. The number of carbonyl (C=O) groups excluding carboxylic acids is 3. The number of rotatable bonds is 59. The van der Waals surface area contributed by atoms with E-state index in [4.69, 9.17) is 14.2 Å². The normalized spacial score (nSPS) is 12.1. The molecule has 0 aliphatic rings. The summed E-state index contributed by atoms with van der Waals surface area (Å²) in [6.07, 6.45) is 72.5. The van der Waals surface area contributed by atoms with E-state index in [1.54, 1.807) is 0 Å². The van der Waals surface area contributed by atoms with Gasteiger partial charge in [0.05, 0.1) is 0 Å². The van der Waals surface area contributed by atoms with Crippen LogP contribution in [0.1, 0.15) is 355 Å². The van der Waals surface area contributed by atoms with Crippen LogP contribution in [0.3, 0.4) is 0 Å². The van der Waals surface area contributed by atoms with E-state index in [0.29, 0.717) is 19.3 Å². The van der Waals surface area contributed by atoms with Crippen molar-refractivity contribution in [2.24, 2.45) is 0 Å². The fourth-order valence-corrected chi connectivity index (χ4v) is 9.65. The molecule has 0 spiro atoms. The van der Waals surface area contributed by atoms with Crippen LogP contribution in [0.15, 0.2) is 24.3 Å². The number of hydrogen-bond donors (Lipinski definition) is 0. The molecule has 418 valence electrons. The summed E-state index contributed by atoms with van der Waals surface area (Å²) in [5, 5.41) is 0. The zero-order valence-corrected chi connectivity index (χ0v) is 48.0. The molecule has 0 N–H and O–H groups in total. The second kappa shape index (κ2) is 60.4. The summed E-state index contributed by atoms with van der Waals surface area (Å²) in [6.45, 7) is 6.58. The first-order valence-corrected chi connectivity index (χ1v) is 31.8. The van der Waals surface area contributed by atoms with Crippen molar-refractivity contribution in [3.05, 3.63) is 24.3 Å². The van der Waals surface area contributed by atoms with E-state index in [1.165, 1.54) is 238 Å². The molecule has 6 nitrogen and oxygen atoms in total. The molecule has 0 saturated heterocycles. The van der Waals surface area contributed by atoms with Gasteiger partial charge in [0.15, 0.2) is 6.10 Å². The standard InChI is InChI=1S/C65H122O6/c1-4-7-10-13-15-17-19-21-23-25-26-27-28-29-30-31-32-33-34-35-36-37-38-40-41-43-45-47-49-52-55-58-64(67)70-61-62(60-69-63(66)57-54-51-12-9-6-3)71-65(68)59-56-53-50-48-46-44-42-39-24-22-20-18-16-14-11-8-5-2/h16,18,22,24,62H,4-15,17,19-21,23,25-61H2,1-3H3/b18-16-,24-22-. The fourth-order valence-electron chi connectivity index (χ4n) is 9.65. The number of allylic oxidation sites excluding steroid dienone is 4. The quantitative estimate of drug-likeness (QED) is 0.0261. The minimum atomic E-state index is -0.769. The largest absolute Gasteiger partial charge is 0.462 e. The Hall–Kier alpha value is -2.11. The highest BCUT2D eigenvalue weighted by molar-refractivity contribution is 5.71. The molecule has 6 heteroatoms. The lowest BCUT2D eigenvalue weighted by atomic mass is 10.0. The van der Waals surface area contributed by atoms with Crippen molar-refractivity contribution < 1.29 is 28.6 Å². The molecule has 0 aromatic carbocycles. The Labute approximate surface area is 443 Å². The summed E-state index contributed by atoms with van der Waals surface area (Å²) >= 11 is 0. The van der Waals surface area contributed by atoms with Crippen LogP contribution in [-0.2, 0) is 28.6 Å². The molecule has 0 aliphatic carbocycles. The molecule has 1 unspecified atom stereocenters.